The molecule has 2 heterocycles. The second-order valence-corrected chi connectivity index (χ2v) is 8.00. The predicted molar refractivity (Wildman–Crippen MR) is 121 cm³/mol. The van der Waals surface area contributed by atoms with Crippen LogP contribution in [-0.4, -0.2) is 29.1 Å². The van der Waals surface area contributed by atoms with Crippen LogP contribution < -0.4 is 20.7 Å². The van der Waals surface area contributed by atoms with Gasteiger partial charge in [0.05, 0.1) is 32.0 Å². The van der Waals surface area contributed by atoms with Gasteiger partial charge in [0.15, 0.2) is 5.78 Å². The van der Waals surface area contributed by atoms with Crippen LogP contribution in [0.15, 0.2) is 63.5 Å². The molecule has 0 radical (unpaired) electrons. The number of fused-ring (bicyclic) bond motifs is 1. The Balaban J connectivity index is 1.91. The first-order chi connectivity index (χ1) is 14.9. The van der Waals surface area contributed by atoms with Crippen LogP contribution in [0.25, 0.3) is 15.9 Å². The average molecular weight is 457 g/mol. The van der Waals surface area contributed by atoms with Crippen molar-refractivity contribution in [2.24, 2.45) is 0 Å². The number of benzene rings is 2. The molecule has 7 nitrogen and oxygen atoms in total. The lowest BCUT2D eigenvalue weighted by atomic mass is 10.1. The van der Waals surface area contributed by atoms with Crippen molar-refractivity contribution in [3.05, 3.63) is 85.3 Å². The lowest BCUT2D eigenvalue weighted by Gasteiger charge is -2.13. The highest BCUT2D eigenvalue weighted by Gasteiger charge is 2.19. The van der Waals surface area contributed by atoms with E-state index in [0.717, 1.165) is 4.57 Å². The van der Waals surface area contributed by atoms with Gasteiger partial charge < -0.3 is 9.47 Å². The van der Waals surface area contributed by atoms with E-state index < -0.39 is 11.2 Å². The van der Waals surface area contributed by atoms with Crippen molar-refractivity contribution < 1.29 is 14.3 Å². The number of halogens is 1. The van der Waals surface area contributed by atoms with Gasteiger partial charge in [-0.2, -0.15) is 0 Å². The summed E-state index contributed by atoms with van der Waals surface area (Å²) in [5, 5.41) is 2.22. The van der Waals surface area contributed by atoms with Crippen LogP contribution in [0.2, 0.25) is 5.02 Å². The number of carbonyl (C=O) groups is 1. The third-order valence-corrected chi connectivity index (χ3v) is 5.96. The summed E-state index contributed by atoms with van der Waals surface area (Å²) in [5.74, 6) is 0.575. The molecule has 31 heavy (non-hydrogen) atoms. The van der Waals surface area contributed by atoms with Crippen molar-refractivity contribution in [2.75, 3.05) is 14.2 Å². The first-order valence-electron chi connectivity index (χ1n) is 9.18. The number of carbonyl (C=O) groups excluding carboxylic acids is 1. The number of ether oxygens (including phenoxy) is 2. The third-order valence-electron chi connectivity index (χ3n) is 4.82. The van der Waals surface area contributed by atoms with Gasteiger partial charge in [-0.1, -0.05) is 11.6 Å². The Morgan fingerprint density at radius 2 is 1.65 bits per heavy atom. The third kappa shape index (κ3) is 3.87. The van der Waals surface area contributed by atoms with Gasteiger partial charge in [-0.25, -0.2) is 9.36 Å². The van der Waals surface area contributed by atoms with Crippen molar-refractivity contribution in [3.8, 4) is 17.2 Å². The number of ketones is 1. The number of aromatic nitrogens is 2. The largest absolute Gasteiger partial charge is 0.497 e. The maximum absolute atomic E-state index is 13.4. The highest BCUT2D eigenvalue weighted by Crippen LogP contribution is 2.25. The minimum Gasteiger partial charge on any atom is -0.497 e. The summed E-state index contributed by atoms with van der Waals surface area (Å²) >= 11 is 7.10. The number of hydrogen-bond acceptors (Lipinski definition) is 6. The quantitative estimate of drug-likeness (QED) is 0.413. The topological polar surface area (TPSA) is 79.5 Å². The second-order valence-electron chi connectivity index (χ2n) is 6.65. The fourth-order valence-electron chi connectivity index (χ4n) is 3.26. The molecular weight excluding hydrogens is 440 g/mol. The van der Waals surface area contributed by atoms with E-state index >= 15 is 0 Å². The number of nitrogens with zero attached hydrogens (tertiary/aromatic N) is 2. The number of rotatable bonds is 6. The molecule has 0 aliphatic carbocycles. The van der Waals surface area contributed by atoms with Gasteiger partial charge in [0, 0.05) is 28.8 Å². The standard InChI is InChI=1S/C22H17ClN2O5S/c1-29-16-9-15(10-17(11-16)30-2)25-21(27)20-18(7-8-31-20)24(22(25)28)12-19(26)13-3-5-14(23)6-4-13/h3-11H,12H2,1-2H3. The average Bonchev–Trinajstić information content (AvgIpc) is 3.27. The van der Waals surface area contributed by atoms with E-state index in [0.29, 0.717) is 32.3 Å². The van der Waals surface area contributed by atoms with E-state index in [4.69, 9.17) is 21.1 Å². The summed E-state index contributed by atoms with van der Waals surface area (Å²) in [6.45, 7) is -0.227. The van der Waals surface area contributed by atoms with E-state index in [2.05, 4.69) is 0 Å². The minimum absolute atomic E-state index is 0.227. The predicted octanol–water partition coefficient (Wildman–Crippen LogP) is 3.77. The Kier molecular flexibility index (Phi) is 5.67. The Hall–Kier alpha value is -3.36. The molecule has 0 unspecified atom stereocenters. The number of thiophene rings is 1. The van der Waals surface area contributed by atoms with Crippen LogP contribution in [0.5, 0.6) is 11.5 Å². The van der Waals surface area contributed by atoms with E-state index in [-0.39, 0.29) is 18.0 Å². The number of methoxy groups -OCH3 is 2. The van der Waals surface area contributed by atoms with Crippen LogP contribution in [0.3, 0.4) is 0 Å². The molecule has 0 saturated heterocycles. The van der Waals surface area contributed by atoms with Crippen LogP contribution in [-0.2, 0) is 6.54 Å². The Labute approximate surface area is 185 Å². The molecule has 0 N–H and O–H groups in total. The summed E-state index contributed by atoms with van der Waals surface area (Å²) < 4.78 is 13.2. The molecule has 0 aliphatic heterocycles. The molecule has 4 rings (SSSR count). The zero-order valence-electron chi connectivity index (χ0n) is 16.6. The SMILES string of the molecule is COc1cc(OC)cc(-n2c(=O)c3sccc3n(CC(=O)c3ccc(Cl)cc3)c2=O)c1. The van der Waals surface area contributed by atoms with Gasteiger partial charge in [0.2, 0.25) is 0 Å². The molecule has 9 heteroatoms. The van der Waals surface area contributed by atoms with E-state index in [1.165, 1.54) is 30.1 Å². The minimum atomic E-state index is -0.631. The molecule has 0 bridgehead atoms. The van der Waals surface area contributed by atoms with Crippen LogP contribution in [0.4, 0.5) is 0 Å². The normalized spacial score (nSPS) is 10.9. The Morgan fingerprint density at radius 3 is 2.26 bits per heavy atom. The smallest absolute Gasteiger partial charge is 0.336 e. The van der Waals surface area contributed by atoms with Crippen LogP contribution in [0, 0.1) is 0 Å². The maximum Gasteiger partial charge on any atom is 0.336 e. The molecule has 0 fully saturated rings. The molecule has 0 amide bonds. The zero-order chi connectivity index (χ0) is 22.1. The summed E-state index contributed by atoms with van der Waals surface area (Å²) in [7, 11) is 2.96. The highest BCUT2D eigenvalue weighted by molar-refractivity contribution is 7.17. The molecule has 2 aromatic heterocycles. The Bertz CT molecular complexity index is 1380. The van der Waals surface area contributed by atoms with E-state index in [1.54, 1.807) is 53.9 Å². The van der Waals surface area contributed by atoms with Crippen molar-refractivity contribution in [3.63, 3.8) is 0 Å². The monoisotopic (exact) mass is 456 g/mol. The molecule has 0 aliphatic rings. The van der Waals surface area contributed by atoms with Crippen LogP contribution >= 0.6 is 22.9 Å². The zero-order valence-corrected chi connectivity index (χ0v) is 18.2. The fourth-order valence-corrected chi connectivity index (χ4v) is 4.21. The molecule has 2 aromatic carbocycles. The summed E-state index contributed by atoms with van der Waals surface area (Å²) in [6, 6.07) is 12.9. The van der Waals surface area contributed by atoms with Gasteiger partial charge in [-0.15, -0.1) is 11.3 Å². The second kappa shape index (κ2) is 8.41. The van der Waals surface area contributed by atoms with Gasteiger partial charge in [0.1, 0.15) is 16.2 Å². The molecular formula is C22H17ClN2O5S. The lowest BCUT2D eigenvalue weighted by Crippen LogP contribution is -2.39. The first-order valence-corrected chi connectivity index (χ1v) is 10.4. The van der Waals surface area contributed by atoms with Gasteiger partial charge in [0.25, 0.3) is 5.56 Å². The maximum atomic E-state index is 13.4. The molecule has 158 valence electrons. The molecule has 0 spiro atoms. The first kappa shape index (κ1) is 20.9. The van der Waals surface area contributed by atoms with Gasteiger partial charge in [-0.3, -0.25) is 14.2 Å². The summed E-state index contributed by atoms with van der Waals surface area (Å²) in [6.07, 6.45) is 0. The van der Waals surface area contributed by atoms with E-state index in [1.807, 2.05) is 0 Å². The molecule has 0 atom stereocenters. The summed E-state index contributed by atoms with van der Waals surface area (Å²) in [5.41, 5.74) is 0.0112. The van der Waals surface area contributed by atoms with Gasteiger partial charge in [-0.05, 0) is 35.7 Å². The van der Waals surface area contributed by atoms with Crippen molar-refractivity contribution in [1.29, 1.82) is 0 Å². The lowest BCUT2D eigenvalue weighted by molar-refractivity contribution is 0.0971. The van der Waals surface area contributed by atoms with Crippen LogP contribution in [0.1, 0.15) is 10.4 Å². The van der Waals surface area contributed by atoms with Gasteiger partial charge >= 0.3 is 5.69 Å². The molecule has 4 aromatic rings. The molecule has 0 saturated carbocycles. The number of hydrogen-bond donors (Lipinski definition) is 0. The van der Waals surface area contributed by atoms with Crippen molar-refractivity contribution in [2.45, 2.75) is 6.54 Å². The highest BCUT2D eigenvalue weighted by atomic mass is 35.5. The number of Topliss-reactive ketones (excluding diaryl/α,β-unsaturated/α-hetero) is 1. The Morgan fingerprint density at radius 1 is 1.00 bits per heavy atom. The van der Waals surface area contributed by atoms with Crippen molar-refractivity contribution >= 4 is 38.9 Å². The fraction of sp³-hybridized carbons (Fsp3) is 0.136. The van der Waals surface area contributed by atoms with E-state index in [9.17, 15) is 14.4 Å². The summed E-state index contributed by atoms with van der Waals surface area (Å²) in [4.78, 5) is 39.4. The van der Waals surface area contributed by atoms with Crippen molar-refractivity contribution in [1.82, 2.24) is 9.13 Å².